The van der Waals surface area contributed by atoms with Crippen LogP contribution in [0.2, 0.25) is 5.02 Å². The van der Waals surface area contributed by atoms with Crippen LogP contribution in [0.25, 0.3) is 5.69 Å². The Morgan fingerprint density at radius 2 is 2.33 bits per heavy atom. The van der Waals surface area contributed by atoms with Crippen LogP contribution < -0.4 is 10.6 Å². The first-order valence-electron chi connectivity index (χ1n) is 7.52. The van der Waals surface area contributed by atoms with E-state index in [4.69, 9.17) is 11.6 Å². The number of carbonyl (C=O) groups is 1. The van der Waals surface area contributed by atoms with Crippen molar-refractivity contribution in [3.05, 3.63) is 35.9 Å². The van der Waals surface area contributed by atoms with Gasteiger partial charge in [0.05, 0.1) is 17.9 Å². The predicted octanol–water partition coefficient (Wildman–Crippen LogP) is 1.57. The molecule has 0 saturated carbocycles. The second kappa shape index (κ2) is 8.43. The average Bonchev–Trinajstić information content (AvgIpc) is 3.04. The van der Waals surface area contributed by atoms with Gasteiger partial charge in [-0.3, -0.25) is 9.69 Å². The molecule has 1 saturated heterocycles. The largest absolute Gasteiger partial charge is 0.323 e. The first-order valence-corrected chi connectivity index (χ1v) is 7.90. The van der Waals surface area contributed by atoms with Gasteiger partial charge in [-0.05, 0) is 25.1 Å². The molecule has 1 aromatic heterocycles. The molecule has 1 aromatic carbocycles. The number of aromatic nitrogens is 3. The number of anilines is 1. The van der Waals surface area contributed by atoms with Gasteiger partial charge in [-0.15, -0.1) is 12.4 Å². The molecule has 130 valence electrons. The predicted molar refractivity (Wildman–Crippen MR) is 96.2 cm³/mol. The minimum atomic E-state index is -0.0672. The number of nitrogens with zero attached hydrogens (tertiary/aromatic N) is 4. The van der Waals surface area contributed by atoms with Crippen LogP contribution in [-0.4, -0.2) is 57.8 Å². The van der Waals surface area contributed by atoms with Crippen LogP contribution in [0.4, 0.5) is 5.69 Å². The van der Waals surface area contributed by atoms with Crippen LogP contribution in [-0.2, 0) is 4.79 Å². The third kappa shape index (κ3) is 4.45. The Morgan fingerprint density at radius 3 is 3.04 bits per heavy atom. The van der Waals surface area contributed by atoms with Gasteiger partial charge in [0.15, 0.2) is 0 Å². The number of nitrogens with one attached hydrogen (secondary N) is 2. The van der Waals surface area contributed by atoms with Crippen LogP contribution in [0.3, 0.4) is 0 Å². The summed E-state index contributed by atoms with van der Waals surface area (Å²) in [5.41, 5.74) is 1.35. The number of piperazine rings is 1. The van der Waals surface area contributed by atoms with Crippen LogP contribution >= 0.6 is 24.0 Å². The molecule has 1 aliphatic heterocycles. The highest BCUT2D eigenvalue weighted by Crippen LogP contribution is 2.24. The van der Waals surface area contributed by atoms with E-state index >= 15 is 0 Å². The molecule has 0 bridgehead atoms. The zero-order valence-electron chi connectivity index (χ0n) is 13.3. The SMILES string of the molecule is C[C@@H]1CNCCN1CC(=O)Nc1cc(Cl)ccc1-n1cncn1.Cl. The number of rotatable bonds is 4. The van der Waals surface area contributed by atoms with E-state index < -0.39 is 0 Å². The van der Waals surface area contributed by atoms with Gasteiger partial charge in [0.25, 0.3) is 0 Å². The summed E-state index contributed by atoms with van der Waals surface area (Å²) < 4.78 is 1.60. The maximum absolute atomic E-state index is 12.4. The molecule has 2 N–H and O–H groups in total. The molecular formula is C15H20Cl2N6O. The summed E-state index contributed by atoms with van der Waals surface area (Å²) in [6.45, 7) is 5.12. The number of carbonyl (C=O) groups excluding carboxylic acids is 1. The standard InChI is InChI=1S/C15H19ClN6O.ClH/c1-11-7-17-4-5-21(11)8-15(23)20-13-6-12(16)2-3-14(13)22-10-18-9-19-22;/h2-3,6,9-11,17H,4-5,7-8H2,1H3,(H,20,23);1H/t11-;/m1./s1. The zero-order valence-corrected chi connectivity index (χ0v) is 14.8. The third-order valence-electron chi connectivity index (χ3n) is 3.88. The summed E-state index contributed by atoms with van der Waals surface area (Å²) in [5.74, 6) is -0.0672. The average molecular weight is 371 g/mol. The van der Waals surface area contributed by atoms with E-state index in [0.717, 1.165) is 25.3 Å². The van der Waals surface area contributed by atoms with Crippen molar-refractivity contribution in [3.63, 3.8) is 0 Å². The number of benzene rings is 1. The van der Waals surface area contributed by atoms with Crippen LogP contribution in [0.15, 0.2) is 30.9 Å². The molecule has 9 heteroatoms. The summed E-state index contributed by atoms with van der Waals surface area (Å²) in [4.78, 5) is 18.5. The summed E-state index contributed by atoms with van der Waals surface area (Å²) >= 11 is 6.06. The molecule has 24 heavy (non-hydrogen) atoms. The summed E-state index contributed by atoms with van der Waals surface area (Å²) in [5, 5.41) is 10.9. The smallest absolute Gasteiger partial charge is 0.238 e. The first-order chi connectivity index (χ1) is 11.1. The highest BCUT2D eigenvalue weighted by molar-refractivity contribution is 6.31. The fourth-order valence-electron chi connectivity index (χ4n) is 2.63. The molecule has 0 radical (unpaired) electrons. The van der Waals surface area contributed by atoms with Gasteiger partial charge < -0.3 is 10.6 Å². The summed E-state index contributed by atoms with van der Waals surface area (Å²) in [7, 11) is 0. The lowest BCUT2D eigenvalue weighted by atomic mass is 10.2. The van der Waals surface area contributed by atoms with Crippen molar-refractivity contribution in [2.45, 2.75) is 13.0 Å². The molecule has 2 heterocycles. The minimum Gasteiger partial charge on any atom is -0.323 e. The van der Waals surface area contributed by atoms with Crippen LogP contribution in [0, 0.1) is 0 Å². The van der Waals surface area contributed by atoms with E-state index in [1.165, 1.54) is 6.33 Å². The van der Waals surface area contributed by atoms with E-state index in [1.807, 2.05) is 0 Å². The van der Waals surface area contributed by atoms with Crippen molar-refractivity contribution >= 4 is 35.6 Å². The number of halogens is 2. The fraction of sp³-hybridized carbons (Fsp3) is 0.400. The number of hydrogen-bond donors (Lipinski definition) is 2. The minimum absolute atomic E-state index is 0. The van der Waals surface area contributed by atoms with Crippen molar-refractivity contribution in [3.8, 4) is 5.69 Å². The van der Waals surface area contributed by atoms with Crippen molar-refractivity contribution in [2.75, 3.05) is 31.5 Å². The van der Waals surface area contributed by atoms with Crippen LogP contribution in [0.1, 0.15) is 6.92 Å². The van der Waals surface area contributed by atoms with Crippen molar-refractivity contribution in [1.29, 1.82) is 0 Å². The van der Waals surface area contributed by atoms with E-state index in [0.29, 0.717) is 23.3 Å². The van der Waals surface area contributed by atoms with E-state index in [-0.39, 0.29) is 18.3 Å². The van der Waals surface area contributed by atoms with Gasteiger partial charge in [-0.2, -0.15) is 5.10 Å². The van der Waals surface area contributed by atoms with Gasteiger partial charge in [-0.25, -0.2) is 9.67 Å². The summed E-state index contributed by atoms with van der Waals surface area (Å²) in [6, 6.07) is 5.62. The molecular weight excluding hydrogens is 351 g/mol. The molecule has 2 aromatic rings. The second-order valence-electron chi connectivity index (χ2n) is 5.57. The molecule has 0 aliphatic carbocycles. The Kier molecular flexibility index (Phi) is 6.56. The third-order valence-corrected chi connectivity index (χ3v) is 4.12. The van der Waals surface area contributed by atoms with Crippen molar-refractivity contribution in [1.82, 2.24) is 25.0 Å². The van der Waals surface area contributed by atoms with Crippen LogP contribution in [0.5, 0.6) is 0 Å². The Morgan fingerprint density at radius 1 is 1.50 bits per heavy atom. The molecule has 1 fully saturated rings. The van der Waals surface area contributed by atoms with E-state index in [9.17, 15) is 4.79 Å². The molecule has 7 nitrogen and oxygen atoms in total. The molecule has 1 amide bonds. The lowest BCUT2D eigenvalue weighted by molar-refractivity contribution is -0.118. The summed E-state index contributed by atoms with van der Waals surface area (Å²) in [6.07, 6.45) is 3.03. The van der Waals surface area contributed by atoms with Gasteiger partial charge in [0.1, 0.15) is 12.7 Å². The molecule has 0 spiro atoms. The normalized spacial score (nSPS) is 18.0. The fourth-order valence-corrected chi connectivity index (χ4v) is 2.81. The Balaban J connectivity index is 0.00000208. The first kappa shape index (κ1) is 18.7. The Hall–Kier alpha value is -1.67. The van der Waals surface area contributed by atoms with Crippen molar-refractivity contribution < 1.29 is 4.79 Å². The second-order valence-corrected chi connectivity index (χ2v) is 6.01. The molecule has 3 rings (SSSR count). The zero-order chi connectivity index (χ0) is 16.2. The highest BCUT2D eigenvalue weighted by Gasteiger charge is 2.20. The number of amides is 1. The lowest BCUT2D eigenvalue weighted by Gasteiger charge is -2.33. The molecule has 1 aliphatic rings. The molecule has 0 unspecified atom stereocenters. The molecule has 1 atom stereocenters. The van der Waals surface area contributed by atoms with E-state index in [1.54, 1.807) is 29.2 Å². The van der Waals surface area contributed by atoms with E-state index in [2.05, 4.69) is 32.5 Å². The van der Waals surface area contributed by atoms with Gasteiger partial charge in [-0.1, -0.05) is 11.6 Å². The highest BCUT2D eigenvalue weighted by atomic mass is 35.5. The Labute approximate surface area is 151 Å². The Bertz CT molecular complexity index is 679. The van der Waals surface area contributed by atoms with Gasteiger partial charge in [0, 0.05) is 30.7 Å². The number of hydrogen-bond acceptors (Lipinski definition) is 5. The topological polar surface area (TPSA) is 75.1 Å². The van der Waals surface area contributed by atoms with Crippen molar-refractivity contribution in [2.24, 2.45) is 0 Å². The van der Waals surface area contributed by atoms with Gasteiger partial charge >= 0.3 is 0 Å². The maximum Gasteiger partial charge on any atom is 0.238 e. The lowest BCUT2D eigenvalue weighted by Crippen LogP contribution is -2.52. The monoisotopic (exact) mass is 370 g/mol. The maximum atomic E-state index is 12.4. The van der Waals surface area contributed by atoms with Gasteiger partial charge in [0.2, 0.25) is 5.91 Å². The quantitative estimate of drug-likeness (QED) is 0.854.